The summed E-state index contributed by atoms with van der Waals surface area (Å²) in [4.78, 5) is 4.37. The van der Waals surface area contributed by atoms with E-state index < -0.39 is 0 Å². The van der Waals surface area contributed by atoms with Gasteiger partial charge < -0.3 is 5.32 Å². The molecule has 17 heavy (non-hydrogen) atoms. The van der Waals surface area contributed by atoms with E-state index in [1.54, 1.807) is 0 Å². The van der Waals surface area contributed by atoms with Crippen LogP contribution in [0.15, 0.2) is 30.3 Å². The Hall–Kier alpha value is -0.930. The number of nitrogens with zero attached hydrogens (tertiary/aromatic N) is 1. The molecule has 1 unspecified atom stereocenters. The van der Waals surface area contributed by atoms with Crippen LogP contribution in [0.1, 0.15) is 6.92 Å². The highest BCUT2D eigenvalue weighted by Gasteiger charge is 2.06. The summed E-state index contributed by atoms with van der Waals surface area (Å²) in [6.07, 6.45) is 2.10. The highest BCUT2D eigenvalue weighted by molar-refractivity contribution is 7.98. The molecule has 0 fully saturated rings. The summed E-state index contributed by atoms with van der Waals surface area (Å²) in [5, 5.41) is 6.03. The van der Waals surface area contributed by atoms with Crippen molar-refractivity contribution in [1.82, 2.24) is 4.98 Å². The Bertz CT molecular complexity index is 516. The molecule has 0 aliphatic carbocycles. The van der Waals surface area contributed by atoms with E-state index in [1.807, 2.05) is 42.1 Å². The minimum atomic E-state index is 0.384. The van der Waals surface area contributed by atoms with E-state index in [0.717, 1.165) is 22.3 Å². The van der Waals surface area contributed by atoms with Crippen LogP contribution in [0.25, 0.3) is 10.8 Å². The SMILES string of the molecule is CSCC(C)Nc1cc2ccccc2c(Cl)n1. The van der Waals surface area contributed by atoms with Crippen molar-refractivity contribution in [2.75, 3.05) is 17.3 Å². The molecule has 1 N–H and O–H groups in total. The van der Waals surface area contributed by atoms with Gasteiger partial charge in [-0.3, -0.25) is 0 Å². The molecule has 0 spiro atoms. The fourth-order valence-electron chi connectivity index (χ4n) is 1.77. The van der Waals surface area contributed by atoms with E-state index in [-0.39, 0.29) is 0 Å². The second-order valence-corrected chi connectivity index (χ2v) is 5.29. The van der Waals surface area contributed by atoms with Crippen molar-refractivity contribution in [1.29, 1.82) is 0 Å². The van der Waals surface area contributed by atoms with Crippen molar-refractivity contribution < 1.29 is 0 Å². The summed E-state index contributed by atoms with van der Waals surface area (Å²) in [5.41, 5.74) is 0. The fourth-order valence-corrected chi connectivity index (χ4v) is 2.62. The summed E-state index contributed by atoms with van der Waals surface area (Å²) in [6, 6.07) is 10.4. The van der Waals surface area contributed by atoms with Crippen LogP contribution in [0, 0.1) is 0 Å². The lowest BCUT2D eigenvalue weighted by Gasteiger charge is -2.14. The number of rotatable bonds is 4. The number of hydrogen-bond acceptors (Lipinski definition) is 3. The Morgan fingerprint density at radius 1 is 1.41 bits per heavy atom. The van der Waals surface area contributed by atoms with Gasteiger partial charge in [-0.1, -0.05) is 35.9 Å². The molecule has 0 radical (unpaired) electrons. The number of halogens is 1. The van der Waals surface area contributed by atoms with Gasteiger partial charge in [-0.05, 0) is 24.6 Å². The Kier molecular flexibility index (Phi) is 4.13. The zero-order valence-corrected chi connectivity index (χ0v) is 11.5. The number of benzene rings is 1. The molecule has 2 nitrogen and oxygen atoms in total. The van der Waals surface area contributed by atoms with Gasteiger partial charge in [0.15, 0.2) is 0 Å². The first kappa shape index (κ1) is 12.5. The van der Waals surface area contributed by atoms with E-state index in [2.05, 4.69) is 23.5 Å². The highest BCUT2D eigenvalue weighted by atomic mass is 35.5. The molecule has 4 heteroatoms. The van der Waals surface area contributed by atoms with Crippen LogP contribution >= 0.6 is 23.4 Å². The molecule has 0 aliphatic rings. The summed E-state index contributed by atoms with van der Waals surface area (Å²) < 4.78 is 0. The zero-order chi connectivity index (χ0) is 12.3. The van der Waals surface area contributed by atoms with Crippen LogP contribution in [0.4, 0.5) is 5.82 Å². The molecule has 1 aromatic carbocycles. The van der Waals surface area contributed by atoms with Crippen molar-refractivity contribution in [3.8, 4) is 0 Å². The number of aromatic nitrogens is 1. The molecule has 0 aliphatic heterocycles. The number of fused-ring (bicyclic) bond motifs is 1. The summed E-state index contributed by atoms with van der Waals surface area (Å²) in [6.45, 7) is 2.14. The average molecular weight is 267 g/mol. The Morgan fingerprint density at radius 2 is 2.18 bits per heavy atom. The van der Waals surface area contributed by atoms with Crippen LogP contribution in [-0.4, -0.2) is 23.0 Å². The largest absolute Gasteiger partial charge is 0.367 e. The van der Waals surface area contributed by atoms with E-state index in [9.17, 15) is 0 Å². The predicted octanol–water partition coefficient (Wildman–Crippen LogP) is 4.05. The van der Waals surface area contributed by atoms with Gasteiger partial charge in [0.2, 0.25) is 0 Å². The van der Waals surface area contributed by atoms with Gasteiger partial charge >= 0.3 is 0 Å². The summed E-state index contributed by atoms with van der Waals surface area (Å²) >= 11 is 7.98. The predicted molar refractivity (Wildman–Crippen MR) is 78.2 cm³/mol. The van der Waals surface area contributed by atoms with Crippen LogP contribution < -0.4 is 5.32 Å². The van der Waals surface area contributed by atoms with Crippen molar-refractivity contribution in [2.45, 2.75) is 13.0 Å². The van der Waals surface area contributed by atoms with Crippen LogP contribution in [0.5, 0.6) is 0 Å². The minimum Gasteiger partial charge on any atom is -0.367 e. The molecule has 0 saturated heterocycles. The Morgan fingerprint density at radius 3 is 2.94 bits per heavy atom. The lowest BCUT2D eigenvalue weighted by Crippen LogP contribution is -2.18. The normalized spacial score (nSPS) is 12.6. The first-order valence-electron chi connectivity index (χ1n) is 5.51. The number of hydrogen-bond donors (Lipinski definition) is 1. The van der Waals surface area contributed by atoms with Gasteiger partial charge in [0.1, 0.15) is 11.0 Å². The zero-order valence-electron chi connectivity index (χ0n) is 9.90. The first-order valence-corrected chi connectivity index (χ1v) is 7.28. The Balaban J connectivity index is 2.30. The summed E-state index contributed by atoms with van der Waals surface area (Å²) in [7, 11) is 0. The molecule has 0 saturated carbocycles. The molecule has 0 bridgehead atoms. The molecule has 2 aromatic rings. The molecule has 1 atom stereocenters. The maximum Gasteiger partial charge on any atom is 0.139 e. The van der Waals surface area contributed by atoms with E-state index in [4.69, 9.17) is 11.6 Å². The standard InChI is InChI=1S/C13H15ClN2S/c1-9(8-17-2)15-12-7-10-5-3-4-6-11(10)13(14)16-12/h3-7,9H,8H2,1-2H3,(H,15,16). The van der Waals surface area contributed by atoms with Gasteiger partial charge in [-0.15, -0.1) is 0 Å². The second kappa shape index (κ2) is 5.61. The third kappa shape index (κ3) is 3.05. The third-order valence-electron chi connectivity index (χ3n) is 2.50. The smallest absolute Gasteiger partial charge is 0.139 e. The van der Waals surface area contributed by atoms with Crippen molar-refractivity contribution in [2.24, 2.45) is 0 Å². The van der Waals surface area contributed by atoms with Gasteiger partial charge in [0.25, 0.3) is 0 Å². The lowest BCUT2D eigenvalue weighted by atomic mass is 10.2. The molecule has 90 valence electrons. The monoisotopic (exact) mass is 266 g/mol. The number of pyridine rings is 1. The maximum atomic E-state index is 6.17. The molecule has 1 aromatic heterocycles. The number of anilines is 1. The Labute approximate surface area is 111 Å². The quantitative estimate of drug-likeness (QED) is 0.845. The second-order valence-electron chi connectivity index (χ2n) is 4.02. The van der Waals surface area contributed by atoms with E-state index >= 15 is 0 Å². The van der Waals surface area contributed by atoms with E-state index in [0.29, 0.717) is 11.2 Å². The number of thioether (sulfide) groups is 1. The van der Waals surface area contributed by atoms with E-state index in [1.165, 1.54) is 0 Å². The van der Waals surface area contributed by atoms with Crippen LogP contribution in [-0.2, 0) is 0 Å². The highest BCUT2D eigenvalue weighted by Crippen LogP contribution is 2.24. The van der Waals surface area contributed by atoms with Crippen LogP contribution in [0.2, 0.25) is 5.15 Å². The topological polar surface area (TPSA) is 24.9 Å². The van der Waals surface area contributed by atoms with Gasteiger partial charge in [0.05, 0.1) is 0 Å². The third-order valence-corrected chi connectivity index (χ3v) is 3.63. The van der Waals surface area contributed by atoms with Crippen LogP contribution in [0.3, 0.4) is 0 Å². The first-order chi connectivity index (χ1) is 8.20. The summed E-state index contributed by atoms with van der Waals surface area (Å²) in [5.74, 6) is 1.89. The fraction of sp³-hybridized carbons (Fsp3) is 0.308. The van der Waals surface area contributed by atoms with Crippen molar-refractivity contribution in [3.63, 3.8) is 0 Å². The molecular formula is C13H15ClN2S. The number of nitrogens with one attached hydrogen (secondary N) is 1. The average Bonchev–Trinajstić information content (AvgIpc) is 2.29. The lowest BCUT2D eigenvalue weighted by molar-refractivity contribution is 0.904. The molecular weight excluding hydrogens is 252 g/mol. The van der Waals surface area contributed by atoms with Gasteiger partial charge in [-0.25, -0.2) is 4.98 Å². The molecule has 2 rings (SSSR count). The molecule has 0 amide bonds. The molecule has 1 heterocycles. The minimum absolute atomic E-state index is 0.384. The van der Waals surface area contributed by atoms with Crippen molar-refractivity contribution in [3.05, 3.63) is 35.5 Å². The maximum absolute atomic E-state index is 6.17. The van der Waals surface area contributed by atoms with Gasteiger partial charge in [0, 0.05) is 17.2 Å². The van der Waals surface area contributed by atoms with Crippen molar-refractivity contribution >= 4 is 40.0 Å². The van der Waals surface area contributed by atoms with Gasteiger partial charge in [-0.2, -0.15) is 11.8 Å².